The molecule has 2 aromatic carbocycles. The number of alkyl halides is 3. The van der Waals surface area contributed by atoms with Gasteiger partial charge in [-0.25, -0.2) is 4.79 Å². The smallest absolute Gasteiger partial charge is 0.490 e. The molecule has 3 heterocycles. The molecule has 3 unspecified atom stereocenters. The van der Waals surface area contributed by atoms with Crippen LogP contribution in [0.15, 0.2) is 48.5 Å². The first kappa shape index (κ1) is 29.1. The molecule has 0 radical (unpaired) electrons. The fraction of sp³-hybridized carbons (Fsp3) is 0.429. The molecular formula is C28H29F3N2O7. The molecule has 1 N–H and O–H groups in total. The molecule has 3 aliphatic heterocycles. The maximum absolute atomic E-state index is 13.4. The fourth-order valence-electron chi connectivity index (χ4n) is 6.23. The molecule has 0 spiro atoms. The summed E-state index contributed by atoms with van der Waals surface area (Å²) < 4.78 is 42.2. The van der Waals surface area contributed by atoms with Crippen LogP contribution in [-0.2, 0) is 23.9 Å². The highest BCUT2D eigenvalue weighted by molar-refractivity contribution is 6.09. The van der Waals surface area contributed by atoms with Crippen LogP contribution < -0.4 is 4.74 Å². The van der Waals surface area contributed by atoms with Gasteiger partial charge in [-0.1, -0.05) is 36.4 Å². The van der Waals surface area contributed by atoms with Gasteiger partial charge in [-0.05, 0) is 55.1 Å². The van der Waals surface area contributed by atoms with E-state index in [9.17, 15) is 27.6 Å². The number of aliphatic carboxylic acids is 1. The van der Waals surface area contributed by atoms with Gasteiger partial charge in [0.25, 0.3) is 0 Å². The molecule has 40 heavy (non-hydrogen) atoms. The van der Waals surface area contributed by atoms with E-state index in [2.05, 4.69) is 4.90 Å². The highest BCUT2D eigenvalue weighted by Crippen LogP contribution is 2.59. The van der Waals surface area contributed by atoms with Gasteiger partial charge in [0.2, 0.25) is 11.8 Å². The van der Waals surface area contributed by atoms with Gasteiger partial charge >= 0.3 is 18.1 Å². The van der Waals surface area contributed by atoms with Crippen LogP contribution in [0.1, 0.15) is 31.4 Å². The van der Waals surface area contributed by atoms with E-state index in [0.29, 0.717) is 19.5 Å². The Labute approximate surface area is 228 Å². The molecule has 3 aliphatic rings. The number of halogens is 3. The number of amides is 2. The maximum atomic E-state index is 13.4. The number of carboxylic acid groups (broad SMARTS) is 1. The van der Waals surface area contributed by atoms with E-state index < -0.39 is 35.5 Å². The number of likely N-dealkylation sites (tertiary alicyclic amines) is 1. The van der Waals surface area contributed by atoms with Crippen molar-refractivity contribution in [2.45, 2.75) is 37.5 Å². The minimum atomic E-state index is -5.08. The molecular weight excluding hydrogens is 533 g/mol. The van der Waals surface area contributed by atoms with E-state index in [0.717, 1.165) is 28.9 Å². The Bertz CT molecular complexity index is 1300. The number of fused-ring (bicyclic) bond motifs is 3. The van der Waals surface area contributed by atoms with E-state index in [1.54, 1.807) is 14.0 Å². The summed E-state index contributed by atoms with van der Waals surface area (Å²) in [5.41, 5.74) is 1.96. The Morgan fingerprint density at radius 3 is 2.02 bits per heavy atom. The van der Waals surface area contributed by atoms with Gasteiger partial charge in [-0.3, -0.25) is 24.2 Å². The zero-order chi connectivity index (χ0) is 29.4. The average molecular weight is 563 g/mol. The van der Waals surface area contributed by atoms with Gasteiger partial charge in [0.1, 0.15) is 11.3 Å². The summed E-state index contributed by atoms with van der Waals surface area (Å²) in [5.74, 6) is -4.09. The Hall–Kier alpha value is -3.93. The molecule has 0 aliphatic carbocycles. The third-order valence-corrected chi connectivity index (χ3v) is 7.88. The van der Waals surface area contributed by atoms with Crippen molar-refractivity contribution in [2.75, 3.05) is 27.3 Å². The molecule has 0 saturated carbocycles. The van der Waals surface area contributed by atoms with Gasteiger partial charge < -0.3 is 14.6 Å². The minimum absolute atomic E-state index is 0.186. The molecule has 5 rings (SSSR count). The Morgan fingerprint density at radius 2 is 1.55 bits per heavy atom. The average Bonchev–Trinajstić information content (AvgIpc) is 3.56. The maximum Gasteiger partial charge on any atom is 0.490 e. The molecule has 2 aromatic rings. The van der Waals surface area contributed by atoms with Gasteiger partial charge in [-0.15, -0.1) is 0 Å². The highest BCUT2D eigenvalue weighted by Gasteiger charge is 2.73. The SMILES string of the molecule is CCN1C(=O)C2C(c3ccc(-c4ccc(OC)cc4)cc3)N3CCC[C@@]3(C(=O)OC)C2C1=O.O=C(O)C(F)(F)F. The van der Waals surface area contributed by atoms with Crippen LogP contribution in [0.25, 0.3) is 11.1 Å². The van der Waals surface area contributed by atoms with Crippen molar-refractivity contribution in [1.82, 2.24) is 9.80 Å². The van der Waals surface area contributed by atoms with Crippen molar-refractivity contribution in [1.29, 1.82) is 0 Å². The summed E-state index contributed by atoms with van der Waals surface area (Å²) in [4.78, 5) is 52.1. The number of ether oxygens (including phenoxy) is 2. The lowest BCUT2D eigenvalue weighted by Crippen LogP contribution is -2.54. The summed E-state index contributed by atoms with van der Waals surface area (Å²) in [6.45, 7) is 2.76. The molecule has 12 heteroatoms. The van der Waals surface area contributed by atoms with Crippen molar-refractivity contribution >= 4 is 23.8 Å². The summed E-state index contributed by atoms with van der Waals surface area (Å²) in [5, 5.41) is 7.12. The zero-order valence-corrected chi connectivity index (χ0v) is 22.1. The number of carboxylic acids is 1. The molecule has 3 fully saturated rings. The summed E-state index contributed by atoms with van der Waals surface area (Å²) in [7, 11) is 3.00. The number of nitrogens with zero attached hydrogens (tertiary/aromatic N) is 2. The quantitative estimate of drug-likeness (QED) is 0.434. The number of esters is 1. The van der Waals surface area contributed by atoms with E-state index in [1.807, 2.05) is 48.5 Å². The predicted octanol–water partition coefficient (Wildman–Crippen LogP) is 3.68. The van der Waals surface area contributed by atoms with Crippen LogP contribution >= 0.6 is 0 Å². The largest absolute Gasteiger partial charge is 0.497 e. The number of carbonyl (C=O) groups excluding carboxylic acids is 3. The Morgan fingerprint density at radius 1 is 1.00 bits per heavy atom. The number of benzene rings is 2. The predicted molar refractivity (Wildman–Crippen MR) is 135 cm³/mol. The molecule has 2 amide bonds. The molecule has 4 atom stereocenters. The van der Waals surface area contributed by atoms with Gasteiger partial charge in [0.15, 0.2) is 0 Å². The van der Waals surface area contributed by atoms with Crippen molar-refractivity contribution in [3.8, 4) is 16.9 Å². The Kier molecular flexibility index (Phi) is 7.93. The number of carbonyl (C=O) groups is 4. The first-order valence-electron chi connectivity index (χ1n) is 12.7. The Balaban J connectivity index is 0.000000470. The lowest BCUT2D eigenvalue weighted by Gasteiger charge is -2.36. The van der Waals surface area contributed by atoms with E-state index in [4.69, 9.17) is 19.4 Å². The first-order chi connectivity index (χ1) is 18.9. The van der Waals surface area contributed by atoms with Crippen LogP contribution in [0.4, 0.5) is 13.2 Å². The molecule has 214 valence electrons. The second kappa shape index (κ2) is 10.9. The topological polar surface area (TPSA) is 113 Å². The summed E-state index contributed by atoms with van der Waals surface area (Å²) in [6, 6.07) is 15.6. The van der Waals surface area contributed by atoms with Crippen molar-refractivity contribution in [2.24, 2.45) is 11.8 Å². The standard InChI is InChI=1S/C26H28N2O5.C2HF3O2/c1-4-27-23(29)20-21(24(27)30)26(25(31)33-3)14-5-15-28(26)22(20)18-8-6-16(7-9-18)17-10-12-19(32-2)13-11-17;3-2(4,5)1(6)7/h6-13,20-22H,4-5,14-15H2,1-3H3;(H,6,7)/t20?,21?,22?,26-;/m0./s1. The van der Waals surface area contributed by atoms with Gasteiger partial charge in [0.05, 0.1) is 26.1 Å². The van der Waals surface area contributed by atoms with E-state index in [1.165, 1.54) is 12.0 Å². The summed E-state index contributed by atoms with van der Waals surface area (Å²) in [6.07, 6.45) is -3.77. The van der Waals surface area contributed by atoms with Crippen LogP contribution in [-0.4, -0.2) is 77.7 Å². The molecule has 0 bridgehead atoms. The van der Waals surface area contributed by atoms with Gasteiger partial charge in [-0.2, -0.15) is 13.2 Å². The molecule has 9 nitrogen and oxygen atoms in total. The van der Waals surface area contributed by atoms with Crippen molar-refractivity contribution in [3.05, 3.63) is 54.1 Å². The normalized spacial score (nSPS) is 25.6. The monoisotopic (exact) mass is 562 g/mol. The third-order valence-electron chi connectivity index (χ3n) is 7.88. The van der Waals surface area contributed by atoms with Crippen molar-refractivity contribution < 1.29 is 46.9 Å². The van der Waals surface area contributed by atoms with Crippen LogP contribution in [0.3, 0.4) is 0 Å². The van der Waals surface area contributed by atoms with E-state index >= 15 is 0 Å². The van der Waals surface area contributed by atoms with Crippen LogP contribution in [0, 0.1) is 11.8 Å². The zero-order valence-electron chi connectivity index (χ0n) is 22.1. The van der Waals surface area contributed by atoms with Gasteiger partial charge in [0, 0.05) is 12.6 Å². The minimum Gasteiger partial charge on any atom is -0.497 e. The lowest BCUT2D eigenvalue weighted by molar-refractivity contribution is -0.192. The number of methoxy groups -OCH3 is 2. The van der Waals surface area contributed by atoms with Crippen LogP contribution in [0.5, 0.6) is 5.75 Å². The second-order valence-electron chi connectivity index (χ2n) is 9.74. The molecule has 0 aromatic heterocycles. The lowest BCUT2D eigenvalue weighted by atomic mass is 9.77. The van der Waals surface area contributed by atoms with E-state index in [-0.39, 0.29) is 17.9 Å². The number of imide groups is 1. The van der Waals surface area contributed by atoms with Crippen molar-refractivity contribution in [3.63, 3.8) is 0 Å². The number of rotatable bonds is 5. The third kappa shape index (κ3) is 4.70. The second-order valence-corrected chi connectivity index (χ2v) is 9.74. The van der Waals surface area contributed by atoms with Crippen LogP contribution in [0.2, 0.25) is 0 Å². The molecule has 3 saturated heterocycles. The first-order valence-corrected chi connectivity index (χ1v) is 12.7. The number of hydrogen-bond acceptors (Lipinski definition) is 7. The highest BCUT2D eigenvalue weighted by atomic mass is 19.4. The number of hydrogen-bond donors (Lipinski definition) is 1. The fourth-order valence-corrected chi connectivity index (χ4v) is 6.23. The summed E-state index contributed by atoms with van der Waals surface area (Å²) >= 11 is 0.